The zero-order valence-electron chi connectivity index (χ0n) is 9.48. The van der Waals surface area contributed by atoms with Crippen LogP contribution in [0.25, 0.3) is 0 Å². The molecule has 1 saturated heterocycles. The van der Waals surface area contributed by atoms with Gasteiger partial charge in [0.15, 0.2) is 0 Å². The standard InChI is InChI=1S/C13H18N2O/c14-12-5-3-4-10-8-11(9-16-13(10)12)15-6-1-2-7-15/h3-5,11H,1-2,6-9,14H2. The molecule has 3 rings (SSSR count). The van der Waals surface area contributed by atoms with E-state index in [-0.39, 0.29) is 0 Å². The van der Waals surface area contributed by atoms with E-state index in [0.29, 0.717) is 6.04 Å². The van der Waals surface area contributed by atoms with Crippen LogP contribution in [0.4, 0.5) is 5.69 Å². The van der Waals surface area contributed by atoms with E-state index in [1.807, 2.05) is 12.1 Å². The van der Waals surface area contributed by atoms with Crippen LogP contribution in [-0.2, 0) is 6.42 Å². The Morgan fingerprint density at radius 2 is 2.06 bits per heavy atom. The number of hydrogen-bond donors (Lipinski definition) is 1. The van der Waals surface area contributed by atoms with E-state index in [1.165, 1.54) is 31.5 Å². The molecule has 0 bridgehead atoms. The van der Waals surface area contributed by atoms with E-state index in [4.69, 9.17) is 10.5 Å². The molecule has 0 saturated carbocycles. The lowest BCUT2D eigenvalue weighted by Gasteiger charge is -2.32. The summed E-state index contributed by atoms with van der Waals surface area (Å²) in [6.07, 6.45) is 3.75. The zero-order valence-corrected chi connectivity index (χ0v) is 9.48. The van der Waals surface area contributed by atoms with Crippen LogP contribution in [0.2, 0.25) is 0 Å². The number of fused-ring (bicyclic) bond motifs is 1. The maximum atomic E-state index is 5.90. The van der Waals surface area contributed by atoms with E-state index in [1.54, 1.807) is 0 Å². The van der Waals surface area contributed by atoms with Crippen LogP contribution in [0.15, 0.2) is 18.2 Å². The first-order valence-electron chi connectivity index (χ1n) is 6.09. The maximum Gasteiger partial charge on any atom is 0.145 e. The highest BCUT2D eigenvalue weighted by Gasteiger charge is 2.27. The van der Waals surface area contributed by atoms with E-state index in [2.05, 4.69) is 11.0 Å². The zero-order chi connectivity index (χ0) is 11.0. The van der Waals surface area contributed by atoms with E-state index >= 15 is 0 Å². The number of benzene rings is 1. The highest BCUT2D eigenvalue weighted by Crippen LogP contribution is 2.32. The number of ether oxygens (including phenoxy) is 1. The Bertz CT molecular complexity index is 386. The Balaban J connectivity index is 1.80. The first kappa shape index (κ1) is 9.97. The lowest BCUT2D eigenvalue weighted by molar-refractivity contribution is 0.143. The number of rotatable bonds is 1. The molecule has 2 aliphatic heterocycles. The summed E-state index contributed by atoms with van der Waals surface area (Å²) in [4.78, 5) is 2.55. The average molecular weight is 218 g/mol. The highest BCUT2D eigenvalue weighted by atomic mass is 16.5. The smallest absolute Gasteiger partial charge is 0.145 e. The second kappa shape index (κ2) is 3.98. The Morgan fingerprint density at radius 3 is 2.88 bits per heavy atom. The molecule has 3 heteroatoms. The summed E-state index contributed by atoms with van der Waals surface area (Å²) in [5.74, 6) is 0.915. The molecular weight excluding hydrogens is 200 g/mol. The molecule has 0 amide bonds. The predicted octanol–water partition coefficient (Wildman–Crippen LogP) is 1.67. The van der Waals surface area contributed by atoms with Crippen molar-refractivity contribution in [2.24, 2.45) is 0 Å². The number of anilines is 1. The summed E-state index contributed by atoms with van der Waals surface area (Å²) in [7, 11) is 0. The van der Waals surface area contributed by atoms with Gasteiger partial charge >= 0.3 is 0 Å². The van der Waals surface area contributed by atoms with Crippen molar-refractivity contribution < 1.29 is 4.74 Å². The molecule has 16 heavy (non-hydrogen) atoms. The summed E-state index contributed by atoms with van der Waals surface area (Å²) >= 11 is 0. The molecule has 2 N–H and O–H groups in total. The van der Waals surface area contributed by atoms with Crippen LogP contribution in [0, 0.1) is 0 Å². The number of hydrogen-bond acceptors (Lipinski definition) is 3. The quantitative estimate of drug-likeness (QED) is 0.729. The van der Waals surface area contributed by atoms with Crippen molar-refractivity contribution in [1.82, 2.24) is 4.90 Å². The minimum absolute atomic E-state index is 0.553. The fourth-order valence-electron chi connectivity index (χ4n) is 2.78. The third-order valence-electron chi connectivity index (χ3n) is 3.66. The first-order chi connectivity index (χ1) is 7.84. The minimum Gasteiger partial charge on any atom is -0.489 e. The Hall–Kier alpha value is -1.22. The van der Waals surface area contributed by atoms with E-state index < -0.39 is 0 Å². The summed E-state index contributed by atoms with van der Waals surface area (Å²) in [6.45, 7) is 3.25. The molecule has 2 aliphatic rings. The maximum absolute atomic E-state index is 5.90. The minimum atomic E-state index is 0.553. The number of nitrogen functional groups attached to an aromatic ring is 1. The molecule has 1 aromatic carbocycles. The number of nitrogens with zero attached hydrogens (tertiary/aromatic N) is 1. The molecule has 0 aromatic heterocycles. The fraction of sp³-hybridized carbons (Fsp3) is 0.538. The van der Waals surface area contributed by atoms with Gasteiger partial charge in [-0.15, -0.1) is 0 Å². The molecule has 0 aliphatic carbocycles. The van der Waals surface area contributed by atoms with Crippen molar-refractivity contribution in [3.8, 4) is 5.75 Å². The van der Waals surface area contributed by atoms with Crippen molar-refractivity contribution in [2.75, 3.05) is 25.4 Å². The van der Waals surface area contributed by atoms with Gasteiger partial charge in [-0.25, -0.2) is 0 Å². The van der Waals surface area contributed by atoms with Gasteiger partial charge in [0.1, 0.15) is 12.4 Å². The fourth-order valence-corrected chi connectivity index (χ4v) is 2.78. The van der Waals surface area contributed by atoms with E-state index in [0.717, 1.165) is 24.5 Å². The van der Waals surface area contributed by atoms with Crippen molar-refractivity contribution in [3.63, 3.8) is 0 Å². The predicted molar refractivity (Wildman–Crippen MR) is 64.6 cm³/mol. The largest absolute Gasteiger partial charge is 0.489 e. The number of likely N-dealkylation sites (tertiary alicyclic amines) is 1. The van der Waals surface area contributed by atoms with Crippen LogP contribution < -0.4 is 10.5 Å². The molecule has 0 radical (unpaired) electrons. The Morgan fingerprint density at radius 1 is 1.25 bits per heavy atom. The number of para-hydroxylation sites is 1. The normalized spacial score (nSPS) is 25.1. The Kier molecular flexibility index (Phi) is 2.48. The van der Waals surface area contributed by atoms with Gasteiger partial charge in [0.25, 0.3) is 0 Å². The molecule has 1 fully saturated rings. The molecule has 1 atom stereocenters. The molecule has 2 heterocycles. The molecule has 86 valence electrons. The van der Waals surface area contributed by atoms with Crippen LogP contribution in [0.3, 0.4) is 0 Å². The first-order valence-corrected chi connectivity index (χ1v) is 6.09. The van der Waals surface area contributed by atoms with Crippen LogP contribution in [0.1, 0.15) is 18.4 Å². The van der Waals surface area contributed by atoms with Crippen molar-refractivity contribution >= 4 is 5.69 Å². The van der Waals surface area contributed by atoms with Gasteiger partial charge in [-0.3, -0.25) is 4.90 Å². The molecule has 1 aromatic rings. The van der Waals surface area contributed by atoms with Crippen molar-refractivity contribution in [2.45, 2.75) is 25.3 Å². The molecule has 1 unspecified atom stereocenters. The topological polar surface area (TPSA) is 38.5 Å². The summed E-state index contributed by atoms with van der Waals surface area (Å²) in [5.41, 5.74) is 7.94. The van der Waals surface area contributed by atoms with Gasteiger partial charge in [-0.1, -0.05) is 12.1 Å². The SMILES string of the molecule is Nc1cccc2c1OCC(N1CCCC1)C2. The third kappa shape index (κ3) is 1.65. The summed E-state index contributed by atoms with van der Waals surface area (Å²) in [6, 6.07) is 6.61. The molecule has 0 spiro atoms. The van der Waals surface area contributed by atoms with Gasteiger partial charge in [-0.2, -0.15) is 0 Å². The van der Waals surface area contributed by atoms with E-state index in [9.17, 15) is 0 Å². The van der Waals surface area contributed by atoms with Crippen molar-refractivity contribution in [3.05, 3.63) is 23.8 Å². The van der Waals surface area contributed by atoms with Gasteiger partial charge in [0.05, 0.1) is 5.69 Å². The van der Waals surface area contributed by atoms with Crippen LogP contribution in [0.5, 0.6) is 5.75 Å². The van der Waals surface area contributed by atoms with Gasteiger partial charge in [0.2, 0.25) is 0 Å². The lowest BCUT2D eigenvalue weighted by atomic mass is 10.0. The number of nitrogens with two attached hydrogens (primary N) is 1. The molecular formula is C13H18N2O. The summed E-state index contributed by atoms with van der Waals surface area (Å²) < 4.78 is 5.81. The van der Waals surface area contributed by atoms with Crippen molar-refractivity contribution in [1.29, 1.82) is 0 Å². The van der Waals surface area contributed by atoms with Gasteiger partial charge in [-0.05, 0) is 44.0 Å². The Labute approximate surface area is 96.2 Å². The van der Waals surface area contributed by atoms with Crippen LogP contribution >= 0.6 is 0 Å². The monoisotopic (exact) mass is 218 g/mol. The summed E-state index contributed by atoms with van der Waals surface area (Å²) in [5, 5.41) is 0. The van der Waals surface area contributed by atoms with Crippen LogP contribution in [-0.4, -0.2) is 30.6 Å². The molecule has 3 nitrogen and oxygen atoms in total. The highest BCUT2D eigenvalue weighted by molar-refractivity contribution is 5.57. The second-order valence-corrected chi connectivity index (χ2v) is 4.75. The van der Waals surface area contributed by atoms with Gasteiger partial charge < -0.3 is 10.5 Å². The van der Waals surface area contributed by atoms with Gasteiger partial charge in [0, 0.05) is 6.04 Å². The lowest BCUT2D eigenvalue weighted by Crippen LogP contribution is -2.41. The average Bonchev–Trinajstić information content (AvgIpc) is 2.82. The second-order valence-electron chi connectivity index (χ2n) is 4.75. The third-order valence-corrected chi connectivity index (χ3v) is 3.66.